The molecule has 15 heteroatoms. The predicted molar refractivity (Wildman–Crippen MR) is 122 cm³/mol. The summed E-state index contributed by atoms with van der Waals surface area (Å²) in [6.07, 6.45) is -5.48. The molecule has 0 bridgehead atoms. The largest absolute Gasteiger partial charge is 0.534 e. The lowest BCUT2D eigenvalue weighted by molar-refractivity contribution is -0.358. The Morgan fingerprint density at radius 3 is 2.30 bits per heavy atom. The summed E-state index contributed by atoms with van der Waals surface area (Å²) >= 11 is 1.08. The molecule has 0 unspecified atom stereocenters. The molecule has 0 aromatic heterocycles. The standard InChI is InChI=1S/C22H22F3NO9S2/c1-36-17-8-13(9-26)12(6-11-2-4-14(5-3-11)35-37(32,33)22(23,24)25)7-15(17)21(31)20(30)19(29)18(28)16(10-27)34-21/h2-5,7-8,16,18-20,27-31H,6,10H2,1H3/t16-,18-,19+,20-,21-/m1/s1. The van der Waals surface area contributed by atoms with Crippen LogP contribution in [-0.4, -0.2) is 76.7 Å². The average Bonchev–Trinajstić information content (AvgIpc) is 2.85. The lowest BCUT2D eigenvalue weighted by Crippen LogP contribution is -2.63. The fourth-order valence-corrected chi connectivity index (χ4v) is 4.88. The van der Waals surface area contributed by atoms with Gasteiger partial charge in [-0.25, -0.2) is 0 Å². The van der Waals surface area contributed by atoms with Crippen LogP contribution in [0.2, 0.25) is 0 Å². The summed E-state index contributed by atoms with van der Waals surface area (Å²) in [5, 5.41) is 61.2. The molecule has 2 aromatic carbocycles. The van der Waals surface area contributed by atoms with Crippen molar-refractivity contribution in [3.05, 3.63) is 58.7 Å². The molecule has 37 heavy (non-hydrogen) atoms. The van der Waals surface area contributed by atoms with Gasteiger partial charge in [0.1, 0.15) is 30.2 Å². The minimum Gasteiger partial charge on any atom is -0.394 e. The van der Waals surface area contributed by atoms with Crippen LogP contribution in [0.15, 0.2) is 41.3 Å². The van der Waals surface area contributed by atoms with Crippen LogP contribution in [0.4, 0.5) is 13.2 Å². The number of alkyl halides is 3. The molecule has 3 rings (SSSR count). The van der Waals surface area contributed by atoms with E-state index in [1.54, 1.807) is 6.26 Å². The molecule has 2 aromatic rings. The van der Waals surface area contributed by atoms with Crippen LogP contribution in [0.1, 0.15) is 22.3 Å². The summed E-state index contributed by atoms with van der Waals surface area (Å²) in [7, 11) is -5.85. The van der Waals surface area contributed by atoms with Gasteiger partial charge in [0, 0.05) is 10.5 Å². The maximum absolute atomic E-state index is 12.5. The van der Waals surface area contributed by atoms with Gasteiger partial charge in [0.25, 0.3) is 0 Å². The Kier molecular flexibility index (Phi) is 8.47. The number of hydrogen-bond acceptors (Lipinski definition) is 11. The molecular formula is C22H22F3NO9S2. The van der Waals surface area contributed by atoms with Crippen molar-refractivity contribution in [2.45, 2.75) is 47.0 Å². The van der Waals surface area contributed by atoms with E-state index in [2.05, 4.69) is 4.18 Å². The molecule has 1 heterocycles. The monoisotopic (exact) mass is 565 g/mol. The van der Waals surface area contributed by atoms with Crippen molar-refractivity contribution in [2.24, 2.45) is 0 Å². The third kappa shape index (κ3) is 5.71. The van der Waals surface area contributed by atoms with Gasteiger partial charge >= 0.3 is 15.6 Å². The first kappa shape index (κ1) is 29.1. The molecule has 1 fully saturated rings. The summed E-state index contributed by atoms with van der Waals surface area (Å²) in [5.74, 6) is -3.17. The Morgan fingerprint density at radius 1 is 1.16 bits per heavy atom. The van der Waals surface area contributed by atoms with Gasteiger partial charge in [-0.15, -0.1) is 11.8 Å². The number of benzene rings is 2. The zero-order valence-corrected chi connectivity index (χ0v) is 20.6. The Morgan fingerprint density at radius 2 is 1.78 bits per heavy atom. The highest BCUT2D eigenvalue weighted by Crippen LogP contribution is 2.41. The fraction of sp³-hybridized carbons (Fsp3) is 0.409. The van der Waals surface area contributed by atoms with Crippen LogP contribution in [0.3, 0.4) is 0 Å². The Hall–Kier alpha value is -2.42. The van der Waals surface area contributed by atoms with E-state index in [1.807, 2.05) is 6.07 Å². The van der Waals surface area contributed by atoms with E-state index in [1.165, 1.54) is 24.3 Å². The van der Waals surface area contributed by atoms with Gasteiger partial charge < -0.3 is 34.5 Å². The Balaban J connectivity index is 1.99. The molecular weight excluding hydrogens is 543 g/mol. The van der Waals surface area contributed by atoms with Gasteiger partial charge in [0.15, 0.2) is 0 Å². The first-order chi connectivity index (χ1) is 17.2. The zero-order valence-electron chi connectivity index (χ0n) is 19.0. The lowest BCUT2D eigenvalue weighted by atomic mass is 9.86. The first-order valence-electron chi connectivity index (χ1n) is 10.4. The van der Waals surface area contributed by atoms with Gasteiger partial charge in [-0.05, 0) is 48.1 Å². The van der Waals surface area contributed by atoms with Gasteiger partial charge in [0.2, 0.25) is 5.79 Å². The number of halogens is 3. The number of nitriles is 1. The highest BCUT2D eigenvalue weighted by Gasteiger charge is 2.54. The number of thioether (sulfide) groups is 1. The van der Waals surface area contributed by atoms with Crippen molar-refractivity contribution in [2.75, 3.05) is 12.9 Å². The van der Waals surface area contributed by atoms with Gasteiger partial charge in [-0.3, -0.25) is 0 Å². The molecule has 0 aliphatic carbocycles. The molecule has 0 saturated carbocycles. The molecule has 1 aliphatic heterocycles. The summed E-state index contributed by atoms with van der Waals surface area (Å²) in [6.45, 7) is -0.788. The van der Waals surface area contributed by atoms with Crippen LogP contribution in [0.25, 0.3) is 0 Å². The van der Waals surface area contributed by atoms with E-state index < -0.39 is 58.2 Å². The van der Waals surface area contributed by atoms with Crippen LogP contribution in [-0.2, 0) is 27.1 Å². The number of nitrogens with zero attached hydrogens (tertiary/aromatic N) is 1. The van der Waals surface area contributed by atoms with Gasteiger partial charge in [-0.2, -0.15) is 26.9 Å². The van der Waals surface area contributed by atoms with Crippen molar-refractivity contribution in [3.8, 4) is 11.8 Å². The van der Waals surface area contributed by atoms with Crippen molar-refractivity contribution in [1.82, 2.24) is 0 Å². The number of hydrogen-bond donors (Lipinski definition) is 5. The van der Waals surface area contributed by atoms with Crippen LogP contribution >= 0.6 is 11.8 Å². The lowest BCUT2D eigenvalue weighted by Gasteiger charge is -2.46. The van der Waals surface area contributed by atoms with Crippen molar-refractivity contribution < 1.29 is 56.0 Å². The minimum atomic E-state index is -5.85. The highest BCUT2D eigenvalue weighted by molar-refractivity contribution is 7.98. The second kappa shape index (κ2) is 10.8. The molecule has 5 N–H and O–H groups in total. The van der Waals surface area contributed by atoms with Crippen LogP contribution in [0, 0.1) is 11.3 Å². The fourth-order valence-electron chi connectivity index (χ4n) is 3.76. The van der Waals surface area contributed by atoms with Crippen molar-refractivity contribution >= 4 is 21.9 Å². The van der Waals surface area contributed by atoms with E-state index in [4.69, 9.17) is 4.74 Å². The first-order valence-corrected chi connectivity index (χ1v) is 13.1. The van der Waals surface area contributed by atoms with Crippen molar-refractivity contribution in [1.29, 1.82) is 5.26 Å². The molecule has 1 aliphatic rings. The minimum absolute atomic E-state index is 0.0301. The Bertz CT molecular complexity index is 1280. The summed E-state index contributed by atoms with van der Waals surface area (Å²) in [5.41, 5.74) is -4.84. The van der Waals surface area contributed by atoms with E-state index in [0.29, 0.717) is 5.56 Å². The van der Waals surface area contributed by atoms with Crippen molar-refractivity contribution in [3.63, 3.8) is 0 Å². The average molecular weight is 566 g/mol. The molecule has 0 amide bonds. The topological polar surface area (TPSA) is 178 Å². The quantitative estimate of drug-likeness (QED) is 0.182. The van der Waals surface area contributed by atoms with Gasteiger partial charge in [0.05, 0.1) is 18.2 Å². The molecule has 0 spiro atoms. The van der Waals surface area contributed by atoms with Crippen LogP contribution in [0.5, 0.6) is 5.75 Å². The molecule has 10 nitrogen and oxygen atoms in total. The SMILES string of the molecule is CSc1cc(C#N)c(Cc2ccc(OS(=O)(=O)C(F)(F)F)cc2)cc1[C@@]1(O)O[C@H](CO)[C@@H](O)[C@H](O)[C@H]1O. The predicted octanol–water partition coefficient (Wildman–Crippen LogP) is 0.718. The number of rotatable bonds is 7. The molecule has 202 valence electrons. The molecule has 1 saturated heterocycles. The van der Waals surface area contributed by atoms with E-state index >= 15 is 0 Å². The second-order valence-electron chi connectivity index (χ2n) is 8.09. The van der Waals surface area contributed by atoms with E-state index in [-0.39, 0.29) is 28.0 Å². The summed E-state index contributed by atoms with van der Waals surface area (Å²) in [6, 6.07) is 9.23. The number of ether oxygens (including phenoxy) is 1. The zero-order chi connectivity index (χ0) is 27.8. The number of aliphatic hydroxyl groups excluding tert-OH is 4. The molecule has 0 radical (unpaired) electrons. The third-order valence-electron chi connectivity index (χ3n) is 5.71. The number of aliphatic hydroxyl groups is 5. The van der Waals surface area contributed by atoms with Crippen LogP contribution < -0.4 is 4.18 Å². The normalized spacial score (nSPS) is 26.5. The maximum Gasteiger partial charge on any atom is 0.534 e. The Labute approximate surface area is 213 Å². The second-order valence-corrected chi connectivity index (χ2v) is 10.5. The van der Waals surface area contributed by atoms with E-state index in [0.717, 1.165) is 23.9 Å². The molecule has 5 atom stereocenters. The maximum atomic E-state index is 12.5. The third-order valence-corrected chi connectivity index (χ3v) is 7.46. The van der Waals surface area contributed by atoms with E-state index in [9.17, 15) is 52.4 Å². The summed E-state index contributed by atoms with van der Waals surface area (Å²) < 4.78 is 69.4. The smallest absolute Gasteiger partial charge is 0.394 e. The highest BCUT2D eigenvalue weighted by atomic mass is 32.2. The van der Waals surface area contributed by atoms with Gasteiger partial charge in [-0.1, -0.05) is 12.1 Å². The summed E-state index contributed by atoms with van der Waals surface area (Å²) in [4.78, 5) is 0.281.